The van der Waals surface area contributed by atoms with Gasteiger partial charge in [0.2, 0.25) is 0 Å². The van der Waals surface area contributed by atoms with Crippen molar-refractivity contribution in [3.63, 3.8) is 0 Å². The first kappa shape index (κ1) is 5.74. The number of hydrogen-bond donors (Lipinski definition) is 0. The van der Waals surface area contributed by atoms with E-state index in [0.29, 0.717) is 0 Å². The second-order valence-electron chi connectivity index (χ2n) is 1.63. The minimum atomic E-state index is -0.479. The summed E-state index contributed by atoms with van der Waals surface area (Å²) < 4.78 is 0. The molecule has 0 saturated carbocycles. The molecule has 0 aliphatic carbocycles. The molecule has 0 spiro atoms. The van der Waals surface area contributed by atoms with Gasteiger partial charge in [0.05, 0.1) is 12.0 Å². The summed E-state index contributed by atoms with van der Waals surface area (Å²) in [5, 5.41) is 15.0. The van der Waals surface area contributed by atoms with Gasteiger partial charge in [-0.2, -0.15) is 0 Å². The molecule has 1 radical (unpaired) electrons. The van der Waals surface area contributed by atoms with Gasteiger partial charge >= 0.3 is 11.9 Å². The Balaban J connectivity index is 2.75. The van der Waals surface area contributed by atoms with E-state index >= 15 is 0 Å². The van der Waals surface area contributed by atoms with Gasteiger partial charge in [-0.25, -0.2) is 0 Å². The SMILES string of the molecule is CN1C=C([N+](=O)[O-])C=[N+]1. The average molecular weight is 127 g/mol. The molecule has 0 amide bonds. The minimum absolute atomic E-state index is 0.0255. The highest BCUT2D eigenvalue weighted by Gasteiger charge is 2.24. The highest BCUT2D eigenvalue weighted by atomic mass is 16.6. The van der Waals surface area contributed by atoms with Crippen molar-refractivity contribution >= 4 is 6.21 Å². The zero-order valence-electron chi connectivity index (χ0n) is 4.81. The number of nitrogens with zero attached hydrogens (tertiary/aromatic N) is 3. The third-order valence-corrected chi connectivity index (χ3v) is 0.902. The van der Waals surface area contributed by atoms with Gasteiger partial charge in [-0.3, -0.25) is 10.1 Å². The predicted molar refractivity (Wildman–Crippen MR) is 31.0 cm³/mol. The van der Waals surface area contributed by atoms with Crippen molar-refractivity contribution < 1.29 is 4.92 Å². The first-order valence-electron chi connectivity index (χ1n) is 2.33. The van der Waals surface area contributed by atoms with Crippen molar-refractivity contribution in [1.29, 1.82) is 0 Å². The predicted octanol–water partition coefficient (Wildman–Crippen LogP) is -0.629. The lowest BCUT2D eigenvalue weighted by Gasteiger charge is -1.81. The lowest BCUT2D eigenvalue weighted by molar-refractivity contribution is -0.414. The average Bonchev–Trinajstić information content (AvgIpc) is 2.14. The molecule has 0 fully saturated rings. The van der Waals surface area contributed by atoms with Crippen molar-refractivity contribution in [2.45, 2.75) is 0 Å². The van der Waals surface area contributed by atoms with Gasteiger partial charge in [0, 0.05) is 0 Å². The number of hydrogen-bond acceptors (Lipinski definition) is 4. The normalized spacial score (nSPS) is 16.1. The maximum Gasteiger partial charge on any atom is 0.364 e. The van der Waals surface area contributed by atoms with Gasteiger partial charge in [-0.15, -0.1) is 0 Å². The molecule has 0 saturated heterocycles. The summed E-state index contributed by atoms with van der Waals surface area (Å²) in [5.41, 5.74) is 0.0255. The van der Waals surface area contributed by atoms with Crippen LogP contribution in [0.4, 0.5) is 0 Å². The van der Waals surface area contributed by atoms with Gasteiger partial charge in [0.15, 0.2) is 11.3 Å². The monoisotopic (exact) mass is 127 g/mol. The molecule has 0 aromatic heterocycles. The Morgan fingerprint density at radius 1 is 1.89 bits per heavy atom. The van der Waals surface area contributed by atoms with Crippen molar-refractivity contribution in [2.75, 3.05) is 7.05 Å². The molecule has 1 heterocycles. The Morgan fingerprint density at radius 2 is 2.56 bits per heavy atom. The Labute approximate surface area is 51.4 Å². The fourth-order valence-electron chi connectivity index (χ4n) is 0.503. The number of hydrazone groups is 1. The summed E-state index contributed by atoms with van der Waals surface area (Å²) in [5.74, 6) is 0. The molecule has 0 aromatic rings. The molecule has 5 heteroatoms. The van der Waals surface area contributed by atoms with Gasteiger partial charge in [0.1, 0.15) is 0 Å². The van der Waals surface area contributed by atoms with Crippen LogP contribution in [-0.4, -0.2) is 23.2 Å². The highest BCUT2D eigenvalue weighted by molar-refractivity contribution is 5.75. The van der Waals surface area contributed by atoms with Crippen LogP contribution in [0.3, 0.4) is 0 Å². The first-order valence-corrected chi connectivity index (χ1v) is 2.33. The molecule has 0 unspecified atom stereocenters. The third-order valence-electron chi connectivity index (χ3n) is 0.902. The van der Waals surface area contributed by atoms with Gasteiger partial charge in [-0.1, -0.05) is 5.01 Å². The van der Waals surface area contributed by atoms with Gasteiger partial charge in [-0.05, 0) is 0 Å². The van der Waals surface area contributed by atoms with Crippen molar-refractivity contribution in [3.05, 3.63) is 22.0 Å². The number of rotatable bonds is 1. The second-order valence-corrected chi connectivity index (χ2v) is 1.63. The molecule has 0 N–H and O–H groups in total. The smallest absolute Gasteiger partial charge is 0.258 e. The van der Waals surface area contributed by atoms with Crippen LogP contribution in [0.25, 0.3) is 0 Å². The quantitative estimate of drug-likeness (QED) is 0.348. The lowest BCUT2D eigenvalue weighted by atomic mass is 10.5. The Bertz CT molecular complexity index is 196. The van der Waals surface area contributed by atoms with Crippen molar-refractivity contribution in [2.24, 2.45) is 0 Å². The number of allylic oxidation sites excluding steroid dienone is 1. The number of nitro groups is 1. The van der Waals surface area contributed by atoms with E-state index in [-0.39, 0.29) is 5.70 Å². The first-order chi connectivity index (χ1) is 4.20. The largest absolute Gasteiger partial charge is 0.364 e. The Kier molecular flexibility index (Phi) is 1.18. The molecule has 1 aliphatic heterocycles. The maximum absolute atomic E-state index is 9.97. The molecular weight excluding hydrogens is 122 g/mol. The summed E-state index contributed by atoms with van der Waals surface area (Å²) in [6, 6.07) is 0. The van der Waals surface area contributed by atoms with Crippen LogP contribution in [0, 0.1) is 10.1 Å². The molecule has 0 bridgehead atoms. The van der Waals surface area contributed by atoms with E-state index in [9.17, 15) is 10.1 Å². The molecule has 9 heavy (non-hydrogen) atoms. The zero-order valence-corrected chi connectivity index (χ0v) is 4.81. The molecular formula is C4H5N3O2+. The zero-order chi connectivity index (χ0) is 6.85. The van der Waals surface area contributed by atoms with Crippen LogP contribution in [0.5, 0.6) is 0 Å². The summed E-state index contributed by atoms with van der Waals surface area (Å²) in [6.45, 7) is 0. The molecule has 47 valence electrons. The maximum atomic E-state index is 9.97. The lowest BCUT2D eigenvalue weighted by Crippen LogP contribution is -2.07. The fourth-order valence-corrected chi connectivity index (χ4v) is 0.503. The van der Waals surface area contributed by atoms with E-state index in [1.54, 1.807) is 7.05 Å². The van der Waals surface area contributed by atoms with E-state index in [4.69, 9.17) is 0 Å². The third kappa shape index (κ3) is 1.04. The molecule has 0 aromatic carbocycles. The van der Waals surface area contributed by atoms with Gasteiger partial charge in [0.25, 0.3) is 0 Å². The minimum Gasteiger partial charge on any atom is -0.258 e. The van der Waals surface area contributed by atoms with E-state index in [1.807, 2.05) is 0 Å². The van der Waals surface area contributed by atoms with Crippen molar-refractivity contribution in [1.82, 2.24) is 10.1 Å². The Morgan fingerprint density at radius 3 is 2.78 bits per heavy atom. The fraction of sp³-hybridized carbons (Fsp3) is 0.250. The van der Waals surface area contributed by atoms with Gasteiger partial charge < -0.3 is 0 Å². The molecule has 1 rings (SSSR count). The van der Waals surface area contributed by atoms with Crippen LogP contribution < -0.4 is 5.10 Å². The van der Waals surface area contributed by atoms with Crippen molar-refractivity contribution in [3.8, 4) is 0 Å². The topological polar surface area (TPSA) is 60.5 Å². The van der Waals surface area contributed by atoms with E-state index in [1.165, 1.54) is 17.4 Å². The second kappa shape index (κ2) is 1.85. The molecule has 0 atom stereocenters. The summed E-state index contributed by atoms with van der Waals surface area (Å²) >= 11 is 0. The molecule has 5 nitrogen and oxygen atoms in total. The highest BCUT2D eigenvalue weighted by Crippen LogP contribution is 1.96. The van der Waals surface area contributed by atoms with Crippen LogP contribution in [0.15, 0.2) is 11.9 Å². The van der Waals surface area contributed by atoms with Crippen LogP contribution in [0.1, 0.15) is 0 Å². The Hall–Kier alpha value is -1.39. The summed E-state index contributed by atoms with van der Waals surface area (Å²) in [7, 11) is 1.63. The van der Waals surface area contributed by atoms with E-state index < -0.39 is 4.92 Å². The van der Waals surface area contributed by atoms with Crippen LogP contribution in [0.2, 0.25) is 0 Å². The molecule has 1 aliphatic rings. The van der Waals surface area contributed by atoms with E-state index in [2.05, 4.69) is 5.10 Å². The standard InChI is InChI=1S/C4H5N3O2/c1-6-3-4(2-5-6)7(8)9/h2-3H,1H3/q+1. The summed E-state index contributed by atoms with van der Waals surface area (Å²) in [6.07, 6.45) is 2.56. The van der Waals surface area contributed by atoms with Crippen LogP contribution in [-0.2, 0) is 0 Å². The van der Waals surface area contributed by atoms with E-state index in [0.717, 1.165) is 0 Å². The van der Waals surface area contributed by atoms with Crippen LogP contribution >= 0.6 is 0 Å². The summed E-state index contributed by atoms with van der Waals surface area (Å²) in [4.78, 5) is 9.49.